The number of nitrogens with one attached hydrogen (secondary N) is 4. The highest BCUT2D eigenvalue weighted by Crippen LogP contribution is 2.09. The summed E-state index contributed by atoms with van der Waals surface area (Å²) in [5.74, 6) is -3.58. The van der Waals surface area contributed by atoms with Gasteiger partial charge in [-0.2, -0.15) is 0 Å². The first-order chi connectivity index (χ1) is 30.6. The van der Waals surface area contributed by atoms with Crippen molar-refractivity contribution in [1.82, 2.24) is 26.2 Å². The number of rotatable bonds is 40. The Bertz CT molecular complexity index is 1380. The molecule has 0 spiro atoms. The van der Waals surface area contributed by atoms with Gasteiger partial charge < -0.3 is 69.0 Å². The first-order valence-electron chi connectivity index (χ1n) is 21.8. The summed E-state index contributed by atoms with van der Waals surface area (Å²) >= 11 is 0. The Labute approximate surface area is 376 Å². The molecule has 0 aromatic heterocycles. The van der Waals surface area contributed by atoms with E-state index in [0.29, 0.717) is 118 Å². The molecule has 1 aliphatic rings. The molecule has 2 atom stereocenters. The van der Waals surface area contributed by atoms with Crippen LogP contribution in [0.4, 0.5) is 4.79 Å². The van der Waals surface area contributed by atoms with Gasteiger partial charge in [-0.05, 0) is 46.0 Å². The zero-order chi connectivity index (χ0) is 47.4. The van der Waals surface area contributed by atoms with Crippen molar-refractivity contribution in [3.63, 3.8) is 0 Å². The van der Waals surface area contributed by atoms with Gasteiger partial charge in [-0.3, -0.25) is 28.9 Å². The lowest BCUT2D eigenvalue weighted by Crippen LogP contribution is -2.53. The number of ether oxygens (including phenoxy) is 9. The predicted molar refractivity (Wildman–Crippen MR) is 229 cm³/mol. The first kappa shape index (κ1) is 57.7. The summed E-state index contributed by atoms with van der Waals surface area (Å²) in [4.78, 5) is 84.8. The van der Waals surface area contributed by atoms with Gasteiger partial charge in [0.2, 0.25) is 17.7 Å². The first-order valence-corrected chi connectivity index (χ1v) is 21.8. The maximum Gasteiger partial charge on any atom is 0.407 e. The van der Waals surface area contributed by atoms with Crippen LogP contribution in [0.25, 0.3) is 0 Å². The van der Waals surface area contributed by atoms with Gasteiger partial charge >= 0.3 is 12.1 Å². The minimum Gasteiger partial charge on any atom is -0.480 e. The maximum absolute atomic E-state index is 12.9. The average molecular weight is 920 g/mol. The number of carboxylic acid groups (broad SMARTS) is 1. The molecule has 1 rings (SSSR count). The van der Waals surface area contributed by atoms with Crippen molar-refractivity contribution in [1.29, 1.82) is 0 Å². The van der Waals surface area contributed by atoms with E-state index in [-0.39, 0.29) is 50.8 Å². The number of amides is 6. The minimum atomic E-state index is -1.19. The number of unbranched alkanes of at least 4 members (excludes halogenated alkanes) is 1. The summed E-state index contributed by atoms with van der Waals surface area (Å²) in [6.45, 7) is 15.1. The van der Waals surface area contributed by atoms with Crippen LogP contribution in [-0.4, -0.2) is 195 Å². The summed E-state index contributed by atoms with van der Waals surface area (Å²) < 4.78 is 48.8. The second-order valence-electron chi connectivity index (χ2n) is 15.5. The van der Waals surface area contributed by atoms with Crippen LogP contribution >= 0.6 is 0 Å². The SMILES string of the molecule is CC(C)[C@H](NC(=O)CCOCCOCCOCCOCCOCCOCCOCCOCCNC(=O)CCN1C(=O)C=CC1=O)C(=O)N[C@@H](CCCCNC(=O)OC(C)(C)C)C(=O)O. The molecule has 1 aliphatic heterocycles. The molecule has 0 fully saturated rings. The number of nitrogens with zero attached hydrogens (tertiary/aromatic N) is 1. The number of carbonyl (C=O) groups is 7. The Kier molecular flexibility index (Phi) is 32.5. The molecular weight excluding hydrogens is 846 g/mol. The van der Waals surface area contributed by atoms with Crippen LogP contribution < -0.4 is 21.3 Å². The third-order valence-electron chi connectivity index (χ3n) is 8.58. The summed E-state index contributed by atoms with van der Waals surface area (Å²) in [5.41, 5.74) is -0.624. The van der Waals surface area contributed by atoms with Crippen molar-refractivity contribution >= 4 is 41.6 Å². The van der Waals surface area contributed by atoms with E-state index in [1.807, 2.05) is 0 Å². The van der Waals surface area contributed by atoms with Gasteiger partial charge in [0, 0.05) is 44.6 Å². The molecule has 6 amide bonds. The van der Waals surface area contributed by atoms with E-state index in [1.165, 1.54) is 12.2 Å². The lowest BCUT2D eigenvalue weighted by molar-refractivity contribution is -0.142. The normalized spacial score (nSPS) is 13.6. The van der Waals surface area contributed by atoms with Crippen LogP contribution in [0.2, 0.25) is 0 Å². The smallest absolute Gasteiger partial charge is 0.407 e. The van der Waals surface area contributed by atoms with Gasteiger partial charge in [-0.15, -0.1) is 0 Å². The van der Waals surface area contributed by atoms with Crippen LogP contribution in [0.3, 0.4) is 0 Å². The molecule has 0 unspecified atom stereocenters. The number of imide groups is 1. The van der Waals surface area contributed by atoms with Crippen molar-refractivity contribution in [3.8, 4) is 0 Å². The number of hydrogen-bond acceptors (Lipinski definition) is 16. The predicted octanol–water partition coefficient (Wildman–Crippen LogP) is 0.346. The molecule has 0 aliphatic carbocycles. The molecule has 0 bridgehead atoms. The van der Waals surface area contributed by atoms with Crippen molar-refractivity contribution in [2.24, 2.45) is 5.92 Å². The monoisotopic (exact) mass is 920 g/mol. The van der Waals surface area contributed by atoms with Crippen LogP contribution in [-0.2, 0) is 71.4 Å². The Balaban J connectivity index is 1.90. The fraction of sp³-hybridized carbons (Fsp3) is 0.786. The second-order valence-corrected chi connectivity index (χ2v) is 15.5. The second kappa shape index (κ2) is 36.0. The number of alkyl carbamates (subject to hydrolysis) is 1. The van der Waals surface area contributed by atoms with Crippen LogP contribution in [0, 0.1) is 5.92 Å². The molecule has 0 radical (unpaired) electrons. The third-order valence-corrected chi connectivity index (χ3v) is 8.58. The topological polar surface area (TPSA) is 274 Å². The summed E-state index contributed by atoms with van der Waals surface area (Å²) in [6, 6.07) is -2.08. The van der Waals surface area contributed by atoms with Gasteiger partial charge in [0.15, 0.2) is 0 Å². The molecule has 64 heavy (non-hydrogen) atoms. The highest BCUT2D eigenvalue weighted by molar-refractivity contribution is 6.13. The zero-order valence-corrected chi connectivity index (χ0v) is 38.3. The van der Waals surface area contributed by atoms with Gasteiger partial charge in [-0.25, -0.2) is 9.59 Å². The van der Waals surface area contributed by atoms with Gasteiger partial charge in [-0.1, -0.05) is 13.8 Å². The van der Waals surface area contributed by atoms with E-state index in [9.17, 15) is 38.7 Å². The summed E-state index contributed by atoms with van der Waals surface area (Å²) in [7, 11) is 0. The standard InChI is InChI=1S/C42H73N5O17/c1-32(2)38(39(52)45-33(40(53)54)8-6-7-13-44-41(55)64-42(3,4)5)46-35(49)12-16-56-18-20-58-22-24-60-26-28-62-30-31-63-29-27-61-25-23-59-21-19-57-17-14-43-34(48)11-15-47-36(50)9-10-37(47)51/h9-10,32-33,38H,6-8,11-31H2,1-5H3,(H,43,48)(H,44,55)(H,45,52)(H,46,49)(H,53,54)/t33-,38-/m0/s1. The summed E-state index contributed by atoms with van der Waals surface area (Å²) in [5, 5.41) is 20.1. The number of aliphatic carboxylic acids is 1. The molecular formula is C42H73N5O17. The third kappa shape index (κ3) is 31.5. The molecule has 1 heterocycles. The highest BCUT2D eigenvalue weighted by atomic mass is 16.6. The number of hydrogen-bond donors (Lipinski definition) is 5. The van der Waals surface area contributed by atoms with E-state index in [4.69, 9.17) is 42.6 Å². The minimum absolute atomic E-state index is 0.00517. The van der Waals surface area contributed by atoms with Gasteiger partial charge in [0.25, 0.3) is 11.8 Å². The van der Waals surface area contributed by atoms with Crippen LogP contribution in [0.1, 0.15) is 66.7 Å². The molecule has 0 aromatic carbocycles. The Morgan fingerprint density at radius 2 is 1.05 bits per heavy atom. The highest BCUT2D eigenvalue weighted by Gasteiger charge is 2.28. The Morgan fingerprint density at radius 1 is 0.594 bits per heavy atom. The van der Waals surface area contributed by atoms with Crippen LogP contribution in [0.15, 0.2) is 12.2 Å². The maximum atomic E-state index is 12.9. The lowest BCUT2D eigenvalue weighted by Gasteiger charge is -2.24. The van der Waals surface area contributed by atoms with E-state index in [2.05, 4.69) is 21.3 Å². The Hall–Kier alpha value is -4.29. The number of carbonyl (C=O) groups excluding carboxylic acids is 6. The van der Waals surface area contributed by atoms with E-state index >= 15 is 0 Å². The number of carboxylic acids is 1. The molecule has 22 nitrogen and oxygen atoms in total. The zero-order valence-electron chi connectivity index (χ0n) is 38.3. The molecule has 0 aromatic rings. The van der Waals surface area contributed by atoms with E-state index in [1.54, 1.807) is 34.6 Å². The van der Waals surface area contributed by atoms with Crippen molar-refractivity contribution in [2.75, 3.05) is 125 Å². The average Bonchev–Trinajstić information content (AvgIpc) is 3.55. The fourth-order valence-corrected chi connectivity index (χ4v) is 5.30. The van der Waals surface area contributed by atoms with E-state index in [0.717, 1.165) is 4.90 Å². The largest absolute Gasteiger partial charge is 0.480 e. The molecule has 0 saturated heterocycles. The lowest BCUT2D eigenvalue weighted by atomic mass is 10.0. The molecule has 368 valence electrons. The van der Waals surface area contributed by atoms with Crippen molar-refractivity contribution in [3.05, 3.63) is 12.2 Å². The van der Waals surface area contributed by atoms with Gasteiger partial charge in [0.05, 0.1) is 106 Å². The van der Waals surface area contributed by atoms with Gasteiger partial charge in [0.1, 0.15) is 17.7 Å². The molecule has 0 saturated carbocycles. The fourth-order valence-electron chi connectivity index (χ4n) is 5.30. The van der Waals surface area contributed by atoms with E-state index < -0.39 is 53.4 Å². The Morgan fingerprint density at radius 3 is 1.48 bits per heavy atom. The van der Waals surface area contributed by atoms with Crippen molar-refractivity contribution in [2.45, 2.75) is 84.4 Å². The summed E-state index contributed by atoms with van der Waals surface area (Å²) in [6.07, 6.45) is 2.91. The van der Waals surface area contributed by atoms with Crippen molar-refractivity contribution < 1.29 is 81.3 Å². The molecule has 5 N–H and O–H groups in total. The quantitative estimate of drug-likeness (QED) is 0.0410. The van der Waals surface area contributed by atoms with Crippen LogP contribution in [0.5, 0.6) is 0 Å². The molecule has 22 heteroatoms.